The molecule has 3 rings (SSSR count). The Labute approximate surface area is 203 Å². The van der Waals surface area contributed by atoms with Crippen LogP contribution >= 0.6 is 0 Å². The molecule has 0 saturated heterocycles. The van der Waals surface area contributed by atoms with Gasteiger partial charge in [-0.1, -0.05) is 19.8 Å². The number of methoxy groups -OCH3 is 1. The summed E-state index contributed by atoms with van der Waals surface area (Å²) in [5.41, 5.74) is -0.790. The van der Waals surface area contributed by atoms with Gasteiger partial charge in [0.25, 0.3) is 11.5 Å². The largest absolute Gasteiger partial charge is 0.483 e. The highest BCUT2D eigenvalue weighted by atomic mass is 19.1. The molecule has 1 amide bonds. The number of nitrogens with one attached hydrogen (secondary N) is 1. The van der Waals surface area contributed by atoms with Crippen molar-refractivity contribution in [3.05, 3.63) is 63.3 Å². The predicted octanol–water partition coefficient (Wildman–Crippen LogP) is 3.20. The van der Waals surface area contributed by atoms with Crippen molar-refractivity contribution in [2.45, 2.75) is 51.6 Å². The number of carbonyl (C=O) groups is 2. The van der Waals surface area contributed by atoms with Gasteiger partial charge in [0.15, 0.2) is 12.4 Å². The molecule has 1 aliphatic carbocycles. The van der Waals surface area contributed by atoms with E-state index in [0.29, 0.717) is 18.9 Å². The lowest BCUT2D eigenvalue weighted by molar-refractivity contribution is -0.124. The number of nitriles is 1. The van der Waals surface area contributed by atoms with Gasteiger partial charge in [-0.25, -0.2) is 4.39 Å². The Bertz CT molecular complexity index is 1170. The van der Waals surface area contributed by atoms with Gasteiger partial charge in [-0.15, -0.1) is 0 Å². The van der Waals surface area contributed by atoms with Crippen LogP contribution < -0.4 is 15.6 Å². The summed E-state index contributed by atoms with van der Waals surface area (Å²) in [6.45, 7) is 2.42. The summed E-state index contributed by atoms with van der Waals surface area (Å²) in [7, 11) is 1.53. The number of amides is 1. The van der Waals surface area contributed by atoms with E-state index in [-0.39, 0.29) is 47.5 Å². The number of aromatic nitrogens is 1. The molecular formula is C26H30FN3O5. The van der Waals surface area contributed by atoms with E-state index in [4.69, 9.17) is 9.47 Å². The Balaban J connectivity index is 1.81. The van der Waals surface area contributed by atoms with Crippen LogP contribution in [0.1, 0.15) is 60.5 Å². The number of hydrogen-bond acceptors (Lipinski definition) is 6. The lowest BCUT2D eigenvalue weighted by Crippen LogP contribution is -2.43. The quantitative estimate of drug-likeness (QED) is 0.411. The number of nitrogens with zero attached hydrogens (tertiary/aromatic N) is 2. The molecule has 1 aromatic heterocycles. The number of aryl methyl sites for hydroxylation is 1. The third-order valence-corrected chi connectivity index (χ3v) is 6.22. The first-order chi connectivity index (χ1) is 16.8. The van der Waals surface area contributed by atoms with E-state index in [0.717, 1.165) is 37.8 Å². The maximum atomic E-state index is 14.1. The van der Waals surface area contributed by atoms with Crippen LogP contribution in [0.5, 0.6) is 5.75 Å². The van der Waals surface area contributed by atoms with Gasteiger partial charge in [0.1, 0.15) is 23.2 Å². The maximum absolute atomic E-state index is 14.1. The zero-order valence-corrected chi connectivity index (χ0v) is 20.0. The Morgan fingerprint density at radius 2 is 2.03 bits per heavy atom. The fraction of sp³-hybridized carbons (Fsp3) is 0.462. The molecule has 1 heterocycles. The fourth-order valence-electron chi connectivity index (χ4n) is 4.27. The smallest absolute Gasteiger partial charge is 0.268 e. The number of pyridine rings is 1. The van der Waals surface area contributed by atoms with Crippen LogP contribution in [0.25, 0.3) is 0 Å². The Morgan fingerprint density at radius 1 is 1.26 bits per heavy atom. The summed E-state index contributed by atoms with van der Waals surface area (Å²) in [6.07, 6.45) is 6.02. The van der Waals surface area contributed by atoms with Gasteiger partial charge in [-0.2, -0.15) is 5.26 Å². The van der Waals surface area contributed by atoms with Gasteiger partial charge < -0.3 is 19.4 Å². The van der Waals surface area contributed by atoms with Gasteiger partial charge >= 0.3 is 0 Å². The van der Waals surface area contributed by atoms with Crippen LogP contribution in [0.4, 0.5) is 4.39 Å². The van der Waals surface area contributed by atoms with Crippen molar-refractivity contribution >= 4 is 11.7 Å². The van der Waals surface area contributed by atoms with Gasteiger partial charge in [-0.3, -0.25) is 14.4 Å². The molecule has 1 fully saturated rings. The molecule has 0 spiro atoms. The van der Waals surface area contributed by atoms with E-state index >= 15 is 0 Å². The lowest BCUT2D eigenvalue weighted by Gasteiger charge is -2.29. The third-order valence-electron chi connectivity index (χ3n) is 6.22. The van der Waals surface area contributed by atoms with Crippen molar-refractivity contribution in [2.24, 2.45) is 5.92 Å². The van der Waals surface area contributed by atoms with Crippen LogP contribution in [0.3, 0.4) is 0 Å². The van der Waals surface area contributed by atoms with Gasteiger partial charge in [-0.05, 0) is 49.4 Å². The van der Waals surface area contributed by atoms with Crippen LogP contribution in [0, 0.1) is 23.1 Å². The Hall–Kier alpha value is -3.51. The Kier molecular flexibility index (Phi) is 9.15. The molecule has 0 bridgehead atoms. The minimum absolute atomic E-state index is 0.0366. The molecule has 1 N–H and O–H groups in total. The van der Waals surface area contributed by atoms with Crippen LogP contribution in [0.2, 0.25) is 0 Å². The van der Waals surface area contributed by atoms with Crippen molar-refractivity contribution < 1.29 is 23.5 Å². The Morgan fingerprint density at radius 3 is 2.74 bits per heavy atom. The first-order valence-electron chi connectivity index (χ1n) is 11.7. The normalized spacial score (nSPS) is 17.4. The second kappa shape index (κ2) is 12.3. The molecule has 8 nitrogen and oxygen atoms in total. The standard InChI is InChI=1S/C26H30FN3O5/c1-17-6-3-4-7-22(17)29-24(31)16-35-23-9-8-20(27)13-21(23)25(32)19-12-18(14-28)26(33)30(15-19)10-5-11-34-2/h8-9,12-13,15,17,22H,3-7,10-11,16H2,1-2H3,(H,29,31)/t17-,22-/m0/s1. The monoisotopic (exact) mass is 483 g/mol. The topological polar surface area (TPSA) is 110 Å². The van der Waals surface area contributed by atoms with Crippen molar-refractivity contribution in [1.29, 1.82) is 5.26 Å². The first-order valence-corrected chi connectivity index (χ1v) is 11.7. The first kappa shape index (κ1) is 26.1. The highest BCUT2D eigenvalue weighted by Gasteiger charge is 2.24. The van der Waals surface area contributed by atoms with E-state index in [1.807, 2.05) is 0 Å². The number of ketones is 1. The van der Waals surface area contributed by atoms with Gasteiger partial charge in [0, 0.05) is 38.1 Å². The zero-order valence-electron chi connectivity index (χ0n) is 20.0. The average Bonchev–Trinajstić information content (AvgIpc) is 2.85. The summed E-state index contributed by atoms with van der Waals surface area (Å²) in [5.74, 6) is -1.18. The lowest BCUT2D eigenvalue weighted by atomic mass is 9.86. The van der Waals surface area contributed by atoms with Crippen molar-refractivity contribution in [3.8, 4) is 11.8 Å². The van der Waals surface area contributed by atoms with Crippen molar-refractivity contribution in [2.75, 3.05) is 20.3 Å². The molecule has 1 aliphatic rings. The van der Waals surface area contributed by atoms with Crippen LogP contribution in [-0.4, -0.2) is 42.6 Å². The summed E-state index contributed by atoms with van der Waals surface area (Å²) in [4.78, 5) is 38.2. The van der Waals surface area contributed by atoms with Crippen molar-refractivity contribution in [3.63, 3.8) is 0 Å². The number of ether oxygens (including phenoxy) is 2. The molecule has 186 valence electrons. The highest BCUT2D eigenvalue weighted by molar-refractivity contribution is 6.10. The third kappa shape index (κ3) is 6.76. The second-order valence-electron chi connectivity index (χ2n) is 8.79. The van der Waals surface area contributed by atoms with E-state index in [1.54, 1.807) is 6.07 Å². The van der Waals surface area contributed by atoms with E-state index in [1.165, 1.54) is 30.0 Å². The predicted molar refractivity (Wildman–Crippen MR) is 127 cm³/mol. The number of halogens is 1. The van der Waals surface area contributed by atoms with Crippen molar-refractivity contribution in [1.82, 2.24) is 9.88 Å². The number of benzene rings is 1. The fourth-order valence-corrected chi connectivity index (χ4v) is 4.27. The molecule has 0 unspecified atom stereocenters. The molecule has 2 aromatic rings. The molecule has 0 radical (unpaired) electrons. The number of carbonyl (C=O) groups excluding carboxylic acids is 2. The molecule has 2 atom stereocenters. The van der Waals surface area contributed by atoms with Gasteiger partial charge in [0.05, 0.1) is 5.56 Å². The molecule has 9 heteroatoms. The summed E-state index contributed by atoms with van der Waals surface area (Å²) < 4.78 is 25.9. The highest BCUT2D eigenvalue weighted by Crippen LogP contribution is 2.25. The van der Waals surface area contributed by atoms with Crippen LogP contribution in [-0.2, 0) is 16.1 Å². The summed E-state index contributed by atoms with van der Waals surface area (Å²) in [6, 6.07) is 6.52. The zero-order chi connectivity index (χ0) is 25.4. The van der Waals surface area contributed by atoms with E-state index in [2.05, 4.69) is 12.2 Å². The van der Waals surface area contributed by atoms with Gasteiger partial charge in [0.2, 0.25) is 0 Å². The molecular weight excluding hydrogens is 453 g/mol. The second-order valence-corrected chi connectivity index (χ2v) is 8.79. The SMILES string of the molecule is COCCCn1cc(C(=O)c2cc(F)ccc2OCC(=O)N[C@H]2CCCC[C@@H]2C)cc(C#N)c1=O. The maximum Gasteiger partial charge on any atom is 0.268 e. The molecule has 1 saturated carbocycles. The molecule has 1 aromatic carbocycles. The summed E-state index contributed by atoms with van der Waals surface area (Å²) in [5, 5.41) is 12.3. The number of rotatable bonds is 10. The molecule has 35 heavy (non-hydrogen) atoms. The summed E-state index contributed by atoms with van der Waals surface area (Å²) >= 11 is 0. The number of hydrogen-bond donors (Lipinski definition) is 1. The minimum Gasteiger partial charge on any atom is -0.483 e. The average molecular weight is 484 g/mol. The van der Waals surface area contributed by atoms with E-state index < -0.39 is 17.2 Å². The minimum atomic E-state index is -0.657. The van der Waals surface area contributed by atoms with E-state index in [9.17, 15) is 24.0 Å². The van der Waals surface area contributed by atoms with Crippen LogP contribution in [0.15, 0.2) is 35.3 Å². The molecule has 0 aliphatic heterocycles.